The molecule has 2 N–H and O–H groups in total. The Morgan fingerprint density at radius 2 is 1.77 bits per heavy atom. The lowest BCUT2D eigenvalue weighted by Crippen LogP contribution is -1.98. The molecule has 0 saturated carbocycles. The molecule has 0 atom stereocenters. The van der Waals surface area contributed by atoms with Crippen molar-refractivity contribution in [1.29, 1.82) is 0 Å². The molecule has 0 aliphatic rings. The molecule has 2 aromatic heterocycles. The van der Waals surface area contributed by atoms with Gasteiger partial charge in [0.2, 0.25) is 5.75 Å². The highest BCUT2D eigenvalue weighted by Gasteiger charge is 2.24. The van der Waals surface area contributed by atoms with E-state index in [1.165, 1.54) is 29.9 Å². The van der Waals surface area contributed by atoms with Gasteiger partial charge in [-0.2, -0.15) is 0 Å². The van der Waals surface area contributed by atoms with Gasteiger partial charge < -0.3 is 24.4 Å². The summed E-state index contributed by atoms with van der Waals surface area (Å²) < 4.78 is 17.1. The lowest BCUT2D eigenvalue weighted by Gasteiger charge is -2.11. The highest BCUT2D eigenvalue weighted by molar-refractivity contribution is 7.21. The van der Waals surface area contributed by atoms with Crippen LogP contribution in [0.5, 0.6) is 23.0 Å². The molecular weight excluding hydrogens is 589 g/mol. The molecule has 0 aliphatic heterocycles. The molecule has 2 heterocycles. The molecule has 0 amide bonds. The van der Waals surface area contributed by atoms with Gasteiger partial charge in [-0.1, -0.05) is 53.5 Å². The Bertz CT molecular complexity index is 1680. The number of ether oxygens (including phenoxy) is 3. The van der Waals surface area contributed by atoms with Gasteiger partial charge in [0.05, 0.1) is 29.2 Å². The Morgan fingerprint density at radius 1 is 1.05 bits per heavy atom. The third-order valence-electron chi connectivity index (χ3n) is 5.45. The topological polar surface area (TPSA) is 128 Å². The molecule has 0 unspecified atom stereocenters. The summed E-state index contributed by atoms with van der Waals surface area (Å²) in [5, 5.41) is 32.6. The lowest BCUT2D eigenvalue weighted by atomic mass is 10.2. The van der Waals surface area contributed by atoms with Crippen molar-refractivity contribution in [2.45, 2.75) is 6.61 Å². The number of hydrogen-bond donors (Lipinski definition) is 2. The summed E-state index contributed by atoms with van der Waals surface area (Å²) in [5.41, 5.74) is 0.543. The molecular formula is C26H19Cl2NO8S2. The van der Waals surface area contributed by atoms with E-state index in [4.69, 9.17) is 37.4 Å². The fourth-order valence-electron chi connectivity index (χ4n) is 3.57. The van der Waals surface area contributed by atoms with Crippen LogP contribution in [0, 0.1) is 10.1 Å². The molecule has 0 spiro atoms. The number of nitro benzene ring substituents is 1. The van der Waals surface area contributed by atoms with E-state index in [-0.39, 0.29) is 4.70 Å². The van der Waals surface area contributed by atoms with Gasteiger partial charge in [-0.3, -0.25) is 10.1 Å². The number of phenolic OH excluding ortho intramolecular Hbond substituents is 2. The molecule has 13 heteroatoms. The summed E-state index contributed by atoms with van der Waals surface area (Å²) >= 11 is 14.4. The molecule has 5 rings (SSSR count). The number of nitro groups is 1. The van der Waals surface area contributed by atoms with Gasteiger partial charge in [0.25, 0.3) is 0 Å². The quantitative estimate of drug-likeness (QED) is 0.0865. The Labute approximate surface area is 239 Å². The number of rotatable bonds is 6. The molecule has 5 aromatic rings. The summed E-state index contributed by atoms with van der Waals surface area (Å²) in [6, 6.07) is 14.7. The first-order valence-corrected chi connectivity index (χ1v) is 13.4. The van der Waals surface area contributed by atoms with Crippen LogP contribution >= 0.6 is 45.9 Å². The van der Waals surface area contributed by atoms with Crippen LogP contribution in [-0.2, 0) is 11.3 Å². The van der Waals surface area contributed by atoms with E-state index in [0.717, 1.165) is 27.0 Å². The van der Waals surface area contributed by atoms with Gasteiger partial charge in [0, 0.05) is 26.9 Å². The number of carbonyl (C=O) groups excluding carboxylic acids is 1. The first kappa shape index (κ1) is 28.2. The van der Waals surface area contributed by atoms with E-state index in [1.807, 2.05) is 36.4 Å². The second-order valence-corrected chi connectivity index (χ2v) is 10.5. The Morgan fingerprint density at radius 3 is 2.41 bits per heavy atom. The number of hydrogen-bond acceptors (Lipinski definition) is 10. The van der Waals surface area contributed by atoms with Gasteiger partial charge >= 0.3 is 11.7 Å². The molecule has 202 valence electrons. The van der Waals surface area contributed by atoms with Crippen molar-refractivity contribution in [3.63, 3.8) is 0 Å². The van der Waals surface area contributed by atoms with Crippen molar-refractivity contribution in [1.82, 2.24) is 0 Å². The number of benzene rings is 3. The summed E-state index contributed by atoms with van der Waals surface area (Å²) in [6.45, 7) is 0.422. The molecule has 0 aliphatic carbocycles. The van der Waals surface area contributed by atoms with Crippen LogP contribution in [0.3, 0.4) is 0 Å². The molecule has 0 bridgehead atoms. The zero-order valence-corrected chi connectivity index (χ0v) is 23.4. The van der Waals surface area contributed by atoms with E-state index in [2.05, 4.69) is 0 Å². The van der Waals surface area contributed by atoms with Crippen LogP contribution in [0.2, 0.25) is 10.0 Å². The molecule has 0 saturated heterocycles. The normalized spacial score (nSPS) is 10.7. The Balaban J connectivity index is 0.000000202. The summed E-state index contributed by atoms with van der Waals surface area (Å²) in [7, 11) is 2.90. The zero-order valence-electron chi connectivity index (χ0n) is 20.3. The molecule has 0 radical (unpaired) electrons. The summed E-state index contributed by atoms with van der Waals surface area (Å²) in [6.07, 6.45) is 0. The predicted molar refractivity (Wildman–Crippen MR) is 152 cm³/mol. The number of thiophene rings is 2. The van der Waals surface area contributed by atoms with Gasteiger partial charge in [-0.15, -0.1) is 22.7 Å². The monoisotopic (exact) mass is 607 g/mol. The highest BCUT2D eigenvalue weighted by atomic mass is 35.5. The first-order chi connectivity index (χ1) is 18.7. The molecule has 0 fully saturated rings. The maximum absolute atomic E-state index is 11.8. The number of halogens is 2. The van der Waals surface area contributed by atoms with Gasteiger partial charge in [-0.05, 0) is 17.7 Å². The third kappa shape index (κ3) is 5.81. The average molecular weight is 608 g/mol. The summed E-state index contributed by atoms with van der Waals surface area (Å²) in [5.74, 6) is -0.565. The maximum Gasteiger partial charge on any atom is 0.349 e. The second kappa shape index (κ2) is 12.0. The minimum Gasteiger partial charge on any atom is -0.504 e. The minimum atomic E-state index is -0.746. The van der Waals surface area contributed by atoms with Gasteiger partial charge in [0.1, 0.15) is 16.2 Å². The number of nitrogens with zero attached hydrogens (tertiary/aromatic N) is 1. The van der Waals surface area contributed by atoms with Crippen molar-refractivity contribution in [2.24, 2.45) is 0 Å². The molecule has 39 heavy (non-hydrogen) atoms. The maximum atomic E-state index is 11.8. The first-order valence-electron chi connectivity index (χ1n) is 11.0. The lowest BCUT2D eigenvalue weighted by molar-refractivity contribution is -0.383. The standard InChI is InChI=1S/C18H15ClO4S.C8H4ClNO4S/c1-21-13-8-12-15(24-17(16(12)19)18(20)22-2)9-14(13)23-10-11-6-4-3-5-7-11;9-4-2-15-8-3(4)1-5(11)7(12)6(8)10(13)14/h3-9H,10H2,1-2H3;1-2,11-12H. The van der Waals surface area contributed by atoms with Gasteiger partial charge in [-0.25, -0.2) is 4.79 Å². The smallest absolute Gasteiger partial charge is 0.349 e. The zero-order chi connectivity index (χ0) is 28.3. The molecule has 9 nitrogen and oxygen atoms in total. The minimum absolute atomic E-state index is 0.250. The van der Waals surface area contributed by atoms with Crippen LogP contribution in [-0.4, -0.2) is 35.3 Å². The fraction of sp³-hybridized carbons (Fsp3) is 0.115. The largest absolute Gasteiger partial charge is 0.504 e. The highest BCUT2D eigenvalue weighted by Crippen LogP contribution is 2.46. The van der Waals surface area contributed by atoms with E-state index in [0.29, 0.717) is 38.4 Å². The van der Waals surface area contributed by atoms with Crippen LogP contribution < -0.4 is 9.47 Å². The number of carbonyl (C=O) groups is 1. The third-order valence-corrected chi connectivity index (χ3v) is 8.53. The van der Waals surface area contributed by atoms with E-state index < -0.39 is 28.1 Å². The number of phenols is 2. The number of esters is 1. The van der Waals surface area contributed by atoms with Crippen molar-refractivity contribution < 1.29 is 34.1 Å². The number of aromatic hydroxyl groups is 2. The number of methoxy groups -OCH3 is 2. The van der Waals surface area contributed by atoms with Gasteiger partial charge in [0.15, 0.2) is 17.2 Å². The van der Waals surface area contributed by atoms with Crippen molar-refractivity contribution in [2.75, 3.05) is 14.2 Å². The van der Waals surface area contributed by atoms with Crippen LogP contribution in [0.25, 0.3) is 20.2 Å². The van der Waals surface area contributed by atoms with Crippen LogP contribution in [0.15, 0.2) is 53.9 Å². The second-order valence-electron chi connectivity index (χ2n) is 7.82. The fourth-order valence-corrected chi connectivity index (χ4v) is 6.27. The average Bonchev–Trinajstić information content (AvgIpc) is 3.46. The molecule has 3 aromatic carbocycles. The van der Waals surface area contributed by atoms with Crippen molar-refractivity contribution >= 4 is 77.7 Å². The SMILES string of the molecule is COC(=O)c1sc2cc(OCc3ccccc3)c(OC)cc2c1Cl.O=[N+]([O-])c1c(O)c(O)cc2c(Cl)csc12. The van der Waals surface area contributed by atoms with E-state index >= 15 is 0 Å². The van der Waals surface area contributed by atoms with Crippen molar-refractivity contribution in [3.05, 3.63) is 84.5 Å². The predicted octanol–water partition coefficient (Wildman–Crippen LogP) is 7.80. The van der Waals surface area contributed by atoms with Crippen LogP contribution in [0.1, 0.15) is 15.2 Å². The van der Waals surface area contributed by atoms with Crippen molar-refractivity contribution in [3.8, 4) is 23.0 Å². The van der Waals surface area contributed by atoms with Crippen LogP contribution in [0.4, 0.5) is 5.69 Å². The summed E-state index contributed by atoms with van der Waals surface area (Å²) in [4.78, 5) is 22.1. The Kier molecular flexibility index (Phi) is 8.66. The van der Waals surface area contributed by atoms with E-state index in [1.54, 1.807) is 13.2 Å². The number of fused-ring (bicyclic) bond motifs is 2. The van der Waals surface area contributed by atoms with E-state index in [9.17, 15) is 25.1 Å². The Hall–Kier alpha value is -3.77.